The fraction of sp³-hybridized carbons (Fsp3) is 0.469. The zero-order chi connectivity index (χ0) is 25.1. The van der Waals surface area contributed by atoms with Gasteiger partial charge in [0.25, 0.3) is 5.91 Å². The van der Waals surface area contributed by atoms with Gasteiger partial charge in [-0.2, -0.15) is 0 Å². The number of phenols is 1. The van der Waals surface area contributed by atoms with Crippen LogP contribution in [-0.4, -0.2) is 52.5 Å². The molecule has 5 rings (SSSR count). The average Bonchev–Trinajstić information content (AvgIpc) is 3.12. The molecule has 4 heteroatoms. The number of carbonyl (C=O) groups is 1. The maximum atomic E-state index is 12.9. The number of rotatable bonds is 7. The molecule has 190 valence electrons. The molecule has 1 N–H and O–H groups in total. The maximum Gasteiger partial charge on any atom is 0.253 e. The van der Waals surface area contributed by atoms with E-state index in [4.69, 9.17) is 0 Å². The summed E-state index contributed by atoms with van der Waals surface area (Å²) in [6, 6.07) is 17.0. The smallest absolute Gasteiger partial charge is 0.253 e. The van der Waals surface area contributed by atoms with Gasteiger partial charge in [0.05, 0.1) is 0 Å². The molecule has 1 amide bonds. The predicted octanol–water partition coefficient (Wildman–Crippen LogP) is 6.66. The third-order valence-electron chi connectivity index (χ3n) is 8.54. The summed E-state index contributed by atoms with van der Waals surface area (Å²) < 4.78 is 0. The Balaban J connectivity index is 1.45. The monoisotopic (exact) mass is 484 g/mol. The molecular weight excluding hydrogens is 444 g/mol. The molecule has 3 unspecified atom stereocenters. The fourth-order valence-electron chi connectivity index (χ4n) is 6.64. The van der Waals surface area contributed by atoms with Crippen LogP contribution in [0.2, 0.25) is 0 Å². The Labute approximate surface area is 216 Å². The van der Waals surface area contributed by atoms with Crippen LogP contribution >= 0.6 is 0 Å². The van der Waals surface area contributed by atoms with Crippen LogP contribution in [0.15, 0.2) is 66.3 Å². The molecule has 2 aliphatic heterocycles. The lowest BCUT2D eigenvalue weighted by Gasteiger charge is -2.39. The number of piperidine rings is 1. The highest BCUT2D eigenvalue weighted by Crippen LogP contribution is 2.44. The Hall–Kier alpha value is -2.85. The van der Waals surface area contributed by atoms with Crippen LogP contribution < -0.4 is 0 Å². The second-order valence-electron chi connectivity index (χ2n) is 10.7. The first-order valence-corrected chi connectivity index (χ1v) is 13.9. The Kier molecular flexibility index (Phi) is 7.62. The van der Waals surface area contributed by atoms with Gasteiger partial charge in [0.15, 0.2) is 0 Å². The predicted molar refractivity (Wildman–Crippen MR) is 147 cm³/mol. The summed E-state index contributed by atoms with van der Waals surface area (Å²) in [6.45, 7) is 6.70. The third-order valence-corrected chi connectivity index (χ3v) is 8.54. The summed E-state index contributed by atoms with van der Waals surface area (Å²) in [7, 11) is 0. The summed E-state index contributed by atoms with van der Waals surface area (Å²) in [4.78, 5) is 17.5. The van der Waals surface area contributed by atoms with E-state index in [-0.39, 0.29) is 5.91 Å². The lowest BCUT2D eigenvalue weighted by Crippen LogP contribution is -2.43. The van der Waals surface area contributed by atoms with Gasteiger partial charge in [-0.3, -0.25) is 9.69 Å². The highest BCUT2D eigenvalue weighted by molar-refractivity contribution is 5.95. The molecular formula is C32H40N2O2. The van der Waals surface area contributed by atoms with Gasteiger partial charge in [-0.15, -0.1) is 0 Å². The minimum Gasteiger partial charge on any atom is -0.508 e. The Morgan fingerprint density at radius 1 is 0.917 bits per heavy atom. The molecule has 0 saturated carbocycles. The van der Waals surface area contributed by atoms with Crippen molar-refractivity contribution in [2.45, 2.75) is 70.9 Å². The fourth-order valence-corrected chi connectivity index (χ4v) is 6.64. The minimum absolute atomic E-state index is 0.0852. The average molecular weight is 485 g/mol. The highest BCUT2D eigenvalue weighted by atomic mass is 16.3. The number of hydrogen-bond donors (Lipinski definition) is 1. The molecule has 2 fully saturated rings. The number of allylic oxidation sites excluding steroid dienone is 2. The molecule has 2 aromatic carbocycles. The maximum absolute atomic E-state index is 12.9. The van der Waals surface area contributed by atoms with Crippen molar-refractivity contribution in [1.29, 1.82) is 0 Å². The van der Waals surface area contributed by atoms with Gasteiger partial charge in [-0.25, -0.2) is 0 Å². The molecule has 4 nitrogen and oxygen atoms in total. The van der Waals surface area contributed by atoms with E-state index in [1.54, 1.807) is 6.07 Å². The molecule has 3 atom stereocenters. The zero-order valence-corrected chi connectivity index (χ0v) is 21.8. The Bertz CT molecular complexity index is 1110. The second-order valence-corrected chi connectivity index (χ2v) is 10.7. The molecule has 2 aromatic rings. The molecule has 2 saturated heterocycles. The normalized spacial score (nSPS) is 23.6. The second kappa shape index (κ2) is 11.0. The van der Waals surface area contributed by atoms with Crippen molar-refractivity contribution in [3.8, 4) is 5.75 Å². The quantitative estimate of drug-likeness (QED) is 0.447. The van der Waals surface area contributed by atoms with E-state index in [1.807, 2.05) is 43.0 Å². The van der Waals surface area contributed by atoms with Gasteiger partial charge >= 0.3 is 0 Å². The first-order chi connectivity index (χ1) is 17.6. The van der Waals surface area contributed by atoms with Crippen molar-refractivity contribution in [3.05, 3.63) is 82.9 Å². The van der Waals surface area contributed by atoms with Crippen LogP contribution in [-0.2, 0) is 0 Å². The largest absolute Gasteiger partial charge is 0.508 e. The minimum atomic E-state index is 0.0852. The topological polar surface area (TPSA) is 43.8 Å². The molecule has 2 bridgehead atoms. The van der Waals surface area contributed by atoms with Gasteiger partial charge in [-0.05, 0) is 106 Å². The number of nitrogens with zero attached hydrogens (tertiary/aromatic N) is 2. The van der Waals surface area contributed by atoms with Gasteiger partial charge in [0.2, 0.25) is 0 Å². The van der Waals surface area contributed by atoms with Crippen molar-refractivity contribution in [3.63, 3.8) is 0 Å². The van der Waals surface area contributed by atoms with E-state index in [0.717, 1.165) is 35.4 Å². The van der Waals surface area contributed by atoms with Crippen molar-refractivity contribution >= 4 is 11.5 Å². The van der Waals surface area contributed by atoms with Crippen molar-refractivity contribution in [2.24, 2.45) is 5.92 Å². The molecule has 0 radical (unpaired) electrons. The number of fused-ring (bicyclic) bond motifs is 2. The van der Waals surface area contributed by atoms with Crippen molar-refractivity contribution in [2.75, 3.05) is 19.6 Å². The van der Waals surface area contributed by atoms with E-state index in [0.29, 0.717) is 30.9 Å². The van der Waals surface area contributed by atoms with Crippen LogP contribution in [0.3, 0.4) is 0 Å². The Morgan fingerprint density at radius 2 is 1.61 bits per heavy atom. The highest BCUT2D eigenvalue weighted by Gasteiger charge is 2.40. The van der Waals surface area contributed by atoms with Gasteiger partial charge in [0, 0.05) is 37.3 Å². The van der Waals surface area contributed by atoms with Crippen LogP contribution in [0.25, 0.3) is 5.57 Å². The molecule has 36 heavy (non-hydrogen) atoms. The molecule has 1 aliphatic carbocycles. The summed E-state index contributed by atoms with van der Waals surface area (Å²) in [5.41, 5.74) is 5.68. The molecule has 2 heterocycles. The third kappa shape index (κ3) is 5.15. The standard InChI is InChI=1S/C32H40N2O2/c1-3-33(4-2)32(36)25-15-13-24(14-16-25)31(26-11-8-12-30(35)21-26)27-19-28-17-18-29(20-27)34(28)22-23-9-6-5-7-10-23/h5-6,8,11-16,21,23,28-29,35H,3-4,7,9-10,17-20,22H2,1-2H3. The number of benzene rings is 2. The first-order valence-electron chi connectivity index (χ1n) is 13.9. The lowest BCUT2D eigenvalue weighted by molar-refractivity contribution is 0.0773. The number of amides is 1. The van der Waals surface area contributed by atoms with E-state index in [2.05, 4.69) is 35.3 Å². The van der Waals surface area contributed by atoms with Gasteiger partial charge in [0.1, 0.15) is 5.75 Å². The SMILES string of the molecule is CCN(CC)C(=O)c1ccc(C(=C2CC3CCC(C2)N3CC2CC=CCC2)c2cccc(O)c2)cc1. The summed E-state index contributed by atoms with van der Waals surface area (Å²) in [5, 5.41) is 10.3. The van der Waals surface area contributed by atoms with Crippen LogP contribution in [0.5, 0.6) is 5.75 Å². The van der Waals surface area contributed by atoms with Crippen LogP contribution in [0, 0.1) is 5.92 Å². The number of phenolic OH excluding ortho intramolecular Hbond substituents is 1. The summed E-state index contributed by atoms with van der Waals surface area (Å²) in [6.07, 6.45) is 13.2. The number of aromatic hydroxyl groups is 1. The first kappa shape index (κ1) is 24.8. The number of carbonyl (C=O) groups excluding carboxylic acids is 1. The summed E-state index contributed by atoms with van der Waals surface area (Å²) in [5.74, 6) is 1.18. The summed E-state index contributed by atoms with van der Waals surface area (Å²) >= 11 is 0. The molecule has 0 spiro atoms. The van der Waals surface area contributed by atoms with E-state index in [9.17, 15) is 9.90 Å². The molecule has 0 aromatic heterocycles. The van der Waals surface area contributed by atoms with E-state index < -0.39 is 0 Å². The zero-order valence-electron chi connectivity index (χ0n) is 21.8. The van der Waals surface area contributed by atoms with Gasteiger partial charge < -0.3 is 10.0 Å². The molecule has 3 aliphatic rings. The van der Waals surface area contributed by atoms with Crippen molar-refractivity contribution in [1.82, 2.24) is 9.80 Å². The van der Waals surface area contributed by atoms with Crippen molar-refractivity contribution < 1.29 is 9.90 Å². The van der Waals surface area contributed by atoms with Gasteiger partial charge in [-0.1, -0.05) is 42.0 Å². The van der Waals surface area contributed by atoms with Crippen LogP contribution in [0.4, 0.5) is 0 Å². The Morgan fingerprint density at radius 3 is 2.22 bits per heavy atom. The van der Waals surface area contributed by atoms with E-state index in [1.165, 1.54) is 49.8 Å². The number of hydrogen-bond acceptors (Lipinski definition) is 3. The lowest BCUT2D eigenvalue weighted by atomic mass is 9.84. The van der Waals surface area contributed by atoms with E-state index >= 15 is 0 Å². The van der Waals surface area contributed by atoms with Crippen LogP contribution in [0.1, 0.15) is 80.3 Å².